The largest absolute Gasteiger partial charge is 0.495 e. The highest BCUT2D eigenvalue weighted by Gasteiger charge is 2.23. The Balaban J connectivity index is 2.19. The maximum Gasteiger partial charge on any atom is 0.262 e. The van der Waals surface area contributed by atoms with Gasteiger partial charge in [-0.3, -0.25) is 4.79 Å². The molecule has 0 fully saturated rings. The van der Waals surface area contributed by atoms with Crippen molar-refractivity contribution < 1.29 is 22.7 Å². The number of nitrogens with one attached hydrogen (secondary N) is 1. The number of ether oxygens (including phenoxy) is 2. The number of anilines is 1. The SMILES string of the molecule is C=CCc1ccccc1OCC(=O)Nc1cc(S(=O)(=O)N(CC)CC)ccc1OC. The van der Waals surface area contributed by atoms with Gasteiger partial charge in [0, 0.05) is 13.1 Å². The topological polar surface area (TPSA) is 84.9 Å². The molecule has 8 heteroatoms. The molecule has 0 aliphatic rings. The third-order valence-electron chi connectivity index (χ3n) is 4.48. The quantitative estimate of drug-likeness (QED) is 0.550. The summed E-state index contributed by atoms with van der Waals surface area (Å²) >= 11 is 0. The van der Waals surface area contributed by atoms with Crippen LogP contribution >= 0.6 is 0 Å². The fraction of sp³-hybridized carbons (Fsp3) is 0.318. The van der Waals surface area contributed by atoms with E-state index in [0.29, 0.717) is 31.0 Å². The number of sulfonamides is 1. The number of hydrogen-bond donors (Lipinski definition) is 1. The summed E-state index contributed by atoms with van der Waals surface area (Å²) < 4.78 is 37.8. The van der Waals surface area contributed by atoms with Crippen LogP contribution in [0.4, 0.5) is 5.69 Å². The van der Waals surface area contributed by atoms with Crippen molar-refractivity contribution in [2.45, 2.75) is 25.2 Å². The molecule has 2 rings (SSSR count). The molecule has 0 atom stereocenters. The molecule has 0 saturated carbocycles. The summed E-state index contributed by atoms with van der Waals surface area (Å²) in [5, 5.41) is 2.68. The van der Waals surface area contributed by atoms with E-state index in [1.165, 1.54) is 29.6 Å². The van der Waals surface area contributed by atoms with Crippen LogP contribution in [0.3, 0.4) is 0 Å². The summed E-state index contributed by atoms with van der Waals surface area (Å²) in [6.07, 6.45) is 2.38. The first-order chi connectivity index (χ1) is 14.4. The van der Waals surface area contributed by atoms with Crippen molar-refractivity contribution in [3.8, 4) is 11.5 Å². The molecule has 0 unspecified atom stereocenters. The molecular formula is C22H28N2O5S. The van der Waals surface area contributed by atoms with Crippen molar-refractivity contribution in [1.82, 2.24) is 4.31 Å². The Hall–Kier alpha value is -2.84. The zero-order chi connectivity index (χ0) is 22.1. The van der Waals surface area contributed by atoms with Crippen molar-refractivity contribution in [3.05, 3.63) is 60.7 Å². The Morgan fingerprint density at radius 1 is 1.13 bits per heavy atom. The zero-order valence-electron chi connectivity index (χ0n) is 17.6. The van der Waals surface area contributed by atoms with E-state index in [2.05, 4.69) is 11.9 Å². The zero-order valence-corrected chi connectivity index (χ0v) is 18.4. The lowest BCUT2D eigenvalue weighted by molar-refractivity contribution is -0.118. The highest BCUT2D eigenvalue weighted by molar-refractivity contribution is 7.89. The van der Waals surface area contributed by atoms with Crippen molar-refractivity contribution in [2.75, 3.05) is 32.1 Å². The number of benzene rings is 2. The van der Waals surface area contributed by atoms with Gasteiger partial charge in [0.25, 0.3) is 5.91 Å². The smallest absolute Gasteiger partial charge is 0.262 e. The number of rotatable bonds is 11. The van der Waals surface area contributed by atoms with Crippen LogP contribution in [0.15, 0.2) is 60.0 Å². The van der Waals surface area contributed by atoms with Crippen LogP contribution in [0.1, 0.15) is 19.4 Å². The molecule has 0 saturated heterocycles. The number of carbonyl (C=O) groups excluding carboxylic acids is 1. The van der Waals surface area contributed by atoms with Crippen LogP contribution in [-0.2, 0) is 21.2 Å². The van der Waals surface area contributed by atoms with E-state index in [1.807, 2.05) is 18.2 Å². The van der Waals surface area contributed by atoms with Gasteiger partial charge in [-0.2, -0.15) is 4.31 Å². The van der Waals surface area contributed by atoms with Crippen molar-refractivity contribution in [1.29, 1.82) is 0 Å². The van der Waals surface area contributed by atoms with Gasteiger partial charge in [0.05, 0.1) is 17.7 Å². The maximum atomic E-state index is 12.8. The van der Waals surface area contributed by atoms with Gasteiger partial charge in [0.2, 0.25) is 10.0 Å². The molecule has 162 valence electrons. The monoisotopic (exact) mass is 432 g/mol. The Morgan fingerprint density at radius 3 is 2.47 bits per heavy atom. The second-order valence-corrected chi connectivity index (χ2v) is 8.33. The van der Waals surface area contributed by atoms with E-state index in [0.717, 1.165) is 5.56 Å². The van der Waals surface area contributed by atoms with Crippen LogP contribution < -0.4 is 14.8 Å². The second kappa shape index (κ2) is 10.8. The molecule has 0 aliphatic carbocycles. The average Bonchev–Trinajstić information content (AvgIpc) is 2.74. The van der Waals surface area contributed by atoms with Gasteiger partial charge in [0.1, 0.15) is 11.5 Å². The molecule has 0 spiro atoms. The third-order valence-corrected chi connectivity index (χ3v) is 6.53. The van der Waals surface area contributed by atoms with Crippen LogP contribution in [0.2, 0.25) is 0 Å². The van der Waals surface area contributed by atoms with Gasteiger partial charge < -0.3 is 14.8 Å². The lowest BCUT2D eigenvalue weighted by atomic mass is 10.1. The van der Waals surface area contributed by atoms with Crippen molar-refractivity contribution >= 4 is 21.6 Å². The third kappa shape index (κ3) is 5.61. The van der Waals surface area contributed by atoms with Crippen molar-refractivity contribution in [3.63, 3.8) is 0 Å². The highest BCUT2D eigenvalue weighted by Crippen LogP contribution is 2.29. The summed E-state index contributed by atoms with van der Waals surface area (Å²) in [4.78, 5) is 12.5. The Morgan fingerprint density at radius 2 is 1.83 bits per heavy atom. The van der Waals surface area contributed by atoms with Crippen LogP contribution in [-0.4, -0.2) is 45.4 Å². The summed E-state index contributed by atoms with van der Waals surface area (Å²) in [6.45, 7) is 7.74. The summed E-state index contributed by atoms with van der Waals surface area (Å²) in [7, 11) is -2.22. The number of hydrogen-bond acceptors (Lipinski definition) is 5. The Kier molecular flexibility index (Phi) is 8.44. The number of methoxy groups -OCH3 is 1. The van der Waals surface area contributed by atoms with E-state index in [4.69, 9.17) is 9.47 Å². The second-order valence-electron chi connectivity index (χ2n) is 6.39. The molecular weight excluding hydrogens is 404 g/mol. The first-order valence-corrected chi connectivity index (χ1v) is 11.1. The molecule has 2 aromatic rings. The number of para-hydroxylation sites is 1. The van der Waals surface area contributed by atoms with E-state index in [-0.39, 0.29) is 17.2 Å². The molecule has 0 radical (unpaired) electrons. The summed E-state index contributed by atoms with van der Waals surface area (Å²) in [5.74, 6) is 0.519. The minimum absolute atomic E-state index is 0.0829. The Bertz CT molecular complexity index is 985. The first kappa shape index (κ1) is 23.4. The van der Waals surface area contributed by atoms with Crippen molar-refractivity contribution in [2.24, 2.45) is 0 Å². The molecule has 1 amide bonds. The lowest BCUT2D eigenvalue weighted by Gasteiger charge is -2.19. The minimum atomic E-state index is -3.67. The molecule has 30 heavy (non-hydrogen) atoms. The highest BCUT2D eigenvalue weighted by atomic mass is 32.2. The number of allylic oxidation sites excluding steroid dienone is 1. The molecule has 1 N–H and O–H groups in total. The number of carbonyl (C=O) groups is 1. The molecule has 0 heterocycles. The van der Waals surface area contributed by atoms with Crippen LogP contribution in [0.25, 0.3) is 0 Å². The van der Waals surface area contributed by atoms with Gasteiger partial charge in [-0.15, -0.1) is 6.58 Å². The van der Waals surface area contributed by atoms with Crippen LogP contribution in [0, 0.1) is 0 Å². The summed E-state index contributed by atoms with van der Waals surface area (Å²) in [6, 6.07) is 11.8. The molecule has 0 aromatic heterocycles. The fourth-order valence-electron chi connectivity index (χ4n) is 2.96. The van der Waals surface area contributed by atoms with Gasteiger partial charge in [-0.1, -0.05) is 38.1 Å². The van der Waals surface area contributed by atoms with Gasteiger partial charge >= 0.3 is 0 Å². The van der Waals surface area contributed by atoms with E-state index < -0.39 is 15.9 Å². The number of nitrogens with zero attached hydrogens (tertiary/aromatic N) is 1. The van der Waals surface area contributed by atoms with Crippen LogP contribution in [0.5, 0.6) is 11.5 Å². The van der Waals surface area contributed by atoms with E-state index in [1.54, 1.807) is 26.0 Å². The predicted octanol–water partition coefficient (Wildman–Crippen LogP) is 3.47. The molecule has 2 aromatic carbocycles. The average molecular weight is 433 g/mol. The molecule has 0 aliphatic heterocycles. The number of amides is 1. The first-order valence-electron chi connectivity index (χ1n) is 9.66. The standard InChI is InChI=1S/C22H28N2O5S/c1-5-10-17-11-8-9-12-20(17)29-16-22(25)23-19-15-18(13-14-21(19)28-4)30(26,27)24(6-2)7-3/h5,8-9,11-15H,1,6-7,10,16H2,2-4H3,(H,23,25). The molecule has 7 nitrogen and oxygen atoms in total. The fourth-order valence-corrected chi connectivity index (χ4v) is 4.44. The minimum Gasteiger partial charge on any atom is -0.495 e. The summed E-state index contributed by atoms with van der Waals surface area (Å²) in [5.41, 5.74) is 1.18. The van der Waals surface area contributed by atoms with E-state index >= 15 is 0 Å². The predicted molar refractivity (Wildman–Crippen MR) is 118 cm³/mol. The van der Waals surface area contributed by atoms with Gasteiger partial charge in [0.15, 0.2) is 6.61 Å². The Labute approximate surface area is 178 Å². The maximum absolute atomic E-state index is 12.8. The molecule has 0 bridgehead atoms. The van der Waals surface area contributed by atoms with Gasteiger partial charge in [-0.05, 0) is 36.2 Å². The normalized spacial score (nSPS) is 11.2. The van der Waals surface area contributed by atoms with E-state index in [9.17, 15) is 13.2 Å². The lowest BCUT2D eigenvalue weighted by Crippen LogP contribution is -2.30. The van der Waals surface area contributed by atoms with Gasteiger partial charge in [-0.25, -0.2) is 8.42 Å².